The maximum absolute atomic E-state index is 12.7. The van der Waals surface area contributed by atoms with Crippen molar-refractivity contribution in [1.29, 1.82) is 0 Å². The molecule has 0 saturated heterocycles. The molecule has 0 aliphatic carbocycles. The van der Waals surface area contributed by atoms with Gasteiger partial charge in [-0.05, 0) is 30.3 Å². The molecule has 2 aromatic rings. The minimum Gasteiger partial charge on any atom is -0.497 e. The summed E-state index contributed by atoms with van der Waals surface area (Å²) in [6.07, 6.45) is -4.42. The Morgan fingerprint density at radius 1 is 0.850 bits per heavy atom. The second kappa shape index (κ2) is 4.33. The first kappa shape index (κ1) is 12.7. The Kier molecular flexibility index (Phi) is 2.74. The largest absolute Gasteiger partial charge is 0.497 e. The molecule has 0 amide bonds. The molecular formula is C14H9F3O3. The highest BCUT2D eigenvalue weighted by Crippen LogP contribution is 2.47. The van der Waals surface area contributed by atoms with Gasteiger partial charge < -0.3 is 14.2 Å². The molecule has 3 rings (SSSR count). The molecule has 0 bridgehead atoms. The van der Waals surface area contributed by atoms with Gasteiger partial charge in [0, 0.05) is 6.07 Å². The molecule has 0 atom stereocenters. The lowest BCUT2D eigenvalue weighted by Crippen LogP contribution is -2.06. The fraction of sp³-hybridized carbons (Fsp3) is 0.143. The summed E-state index contributed by atoms with van der Waals surface area (Å²) < 4.78 is 53.9. The Hall–Kier alpha value is -2.37. The predicted molar refractivity (Wildman–Crippen MR) is 64.6 cm³/mol. The summed E-state index contributed by atoms with van der Waals surface area (Å²) in [7, 11) is 1.49. The second-order valence-electron chi connectivity index (χ2n) is 4.18. The molecule has 0 saturated carbocycles. The summed E-state index contributed by atoms with van der Waals surface area (Å²) >= 11 is 0. The fourth-order valence-corrected chi connectivity index (χ4v) is 1.86. The Bertz CT molecular complexity index is 665. The van der Waals surface area contributed by atoms with Crippen LogP contribution in [-0.4, -0.2) is 7.11 Å². The van der Waals surface area contributed by atoms with Crippen LogP contribution in [0.4, 0.5) is 13.2 Å². The number of benzene rings is 2. The van der Waals surface area contributed by atoms with Crippen molar-refractivity contribution in [2.45, 2.75) is 6.18 Å². The van der Waals surface area contributed by atoms with Crippen LogP contribution in [0.25, 0.3) is 0 Å². The van der Waals surface area contributed by atoms with Crippen LogP contribution in [0.15, 0.2) is 36.4 Å². The van der Waals surface area contributed by atoms with Gasteiger partial charge in [-0.1, -0.05) is 0 Å². The highest BCUT2D eigenvalue weighted by molar-refractivity contribution is 5.57. The third kappa shape index (κ3) is 2.13. The van der Waals surface area contributed by atoms with Crippen LogP contribution in [0.1, 0.15) is 5.56 Å². The molecule has 20 heavy (non-hydrogen) atoms. The van der Waals surface area contributed by atoms with Gasteiger partial charge in [0.2, 0.25) is 0 Å². The van der Waals surface area contributed by atoms with Crippen molar-refractivity contribution < 1.29 is 27.4 Å². The minimum atomic E-state index is -4.42. The average Bonchev–Trinajstić information content (AvgIpc) is 2.42. The van der Waals surface area contributed by atoms with Crippen molar-refractivity contribution in [3.8, 4) is 28.7 Å². The van der Waals surface area contributed by atoms with Gasteiger partial charge >= 0.3 is 6.18 Å². The topological polar surface area (TPSA) is 27.7 Å². The minimum absolute atomic E-state index is 0.0283. The third-order valence-electron chi connectivity index (χ3n) is 2.86. The molecule has 0 N–H and O–H groups in total. The van der Waals surface area contributed by atoms with Crippen LogP contribution >= 0.6 is 0 Å². The number of methoxy groups -OCH3 is 1. The first-order valence-corrected chi connectivity index (χ1v) is 5.72. The van der Waals surface area contributed by atoms with Crippen LogP contribution in [0.5, 0.6) is 28.7 Å². The van der Waals surface area contributed by atoms with Gasteiger partial charge in [-0.25, -0.2) is 0 Å². The van der Waals surface area contributed by atoms with Crippen molar-refractivity contribution in [1.82, 2.24) is 0 Å². The van der Waals surface area contributed by atoms with E-state index in [0.29, 0.717) is 17.2 Å². The molecule has 104 valence electrons. The van der Waals surface area contributed by atoms with E-state index < -0.39 is 11.7 Å². The average molecular weight is 282 g/mol. The zero-order valence-electron chi connectivity index (χ0n) is 10.3. The smallest absolute Gasteiger partial charge is 0.416 e. The zero-order valence-corrected chi connectivity index (χ0v) is 10.3. The summed E-state index contributed by atoms with van der Waals surface area (Å²) in [6, 6.07) is 7.98. The highest BCUT2D eigenvalue weighted by Gasteiger charge is 2.32. The molecule has 1 aliphatic heterocycles. The van der Waals surface area contributed by atoms with Crippen molar-refractivity contribution >= 4 is 0 Å². The molecular weight excluding hydrogens is 273 g/mol. The summed E-state index contributed by atoms with van der Waals surface area (Å²) in [4.78, 5) is 0. The zero-order chi connectivity index (χ0) is 14.3. The van der Waals surface area contributed by atoms with Gasteiger partial charge in [-0.3, -0.25) is 0 Å². The van der Waals surface area contributed by atoms with E-state index >= 15 is 0 Å². The lowest BCUT2D eigenvalue weighted by Gasteiger charge is -2.21. The monoisotopic (exact) mass is 282 g/mol. The SMILES string of the molecule is COc1ccc2c(c1)Oc1cc(C(F)(F)F)ccc1O2. The van der Waals surface area contributed by atoms with Crippen LogP contribution in [0.3, 0.4) is 0 Å². The Balaban J connectivity index is 2.00. The Morgan fingerprint density at radius 3 is 2.10 bits per heavy atom. The molecule has 3 nitrogen and oxygen atoms in total. The summed E-state index contributed by atoms with van der Waals surface area (Å²) in [5.74, 6) is 1.55. The van der Waals surface area contributed by atoms with E-state index in [9.17, 15) is 13.2 Å². The van der Waals surface area contributed by atoms with E-state index in [1.165, 1.54) is 13.2 Å². The van der Waals surface area contributed by atoms with Crippen LogP contribution in [0, 0.1) is 0 Å². The van der Waals surface area contributed by atoms with E-state index in [4.69, 9.17) is 14.2 Å². The van der Waals surface area contributed by atoms with Crippen molar-refractivity contribution in [3.63, 3.8) is 0 Å². The predicted octanol–water partition coefficient (Wildman–Crippen LogP) is 4.61. The fourth-order valence-electron chi connectivity index (χ4n) is 1.86. The number of ether oxygens (including phenoxy) is 3. The number of halogens is 3. The number of fused-ring (bicyclic) bond motifs is 2. The second-order valence-corrected chi connectivity index (χ2v) is 4.18. The summed E-state index contributed by atoms with van der Waals surface area (Å²) in [5, 5.41) is 0. The van der Waals surface area contributed by atoms with Gasteiger partial charge in [-0.2, -0.15) is 13.2 Å². The van der Waals surface area contributed by atoms with Crippen LogP contribution in [-0.2, 0) is 6.18 Å². The van der Waals surface area contributed by atoms with E-state index in [1.807, 2.05) is 0 Å². The quantitative estimate of drug-likeness (QED) is 0.652. The van der Waals surface area contributed by atoms with Gasteiger partial charge in [-0.15, -0.1) is 0 Å². The van der Waals surface area contributed by atoms with Crippen molar-refractivity contribution in [3.05, 3.63) is 42.0 Å². The standard InChI is InChI=1S/C14H9F3O3/c1-18-9-3-5-11-13(7-9)20-12-6-8(14(15,16)17)2-4-10(12)19-11/h2-7H,1H3. The van der Waals surface area contributed by atoms with E-state index in [-0.39, 0.29) is 11.5 Å². The third-order valence-corrected chi connectivity index (χ3v) is 2.86. The number of alkyl halides is 3. The maximum Gasteiger partial charge on any atom is 0.416 e. The van der Waals surface area contributed by atoms with Gasteiger partial charge in [0.05, 0.1) is 12.7 Å². The molecule has 1 heterocycles. The first-order chi connectivity index (χ1) is 9.47. The first-order valence-electron chi connectivity index (χ1n) is 5.72. The Labute approximate surface area is 112 Å². The lowest BCUT2D eigenvalue weighted by molar-refractivity contribution is -0.137. The van der Waals surface area contributed by atoms with E-state index in [2.05, 4.69) is 0 Å². The molecule has 0 radical (unpaired) electrons. The van der Waals surface area contributed by atoms with Gasteiger partial charge in [0.25, 0.3) is 0 Å². The lowest BCUT2D eigenvalue weighted by atomic mass is 10.1. The van der Waals surface area contributed by atoms with E-state index in [0.717, 1.165) is 12.1 Å². The van der Waals surface area contributed by atoms with Gasteiger partial charge in [0.15, 0.2) is 23.0 Å². The molecule has 6 heteroatoms. The molecule has 0 spiro atoms. The van der Waals surface area contributed by atoms with Crippen molar-refractivity contribution in [2.24, 2.45) is 0 Å². The Morgan fingerprint density at radius 2 is 1.45 bits per heavy atom. The van der Waals surface area contributed by atoms with E-state index in [1.54, 1.807) is 18.2 Å². The number of hydrogen-bond donors (Lipinski definition) is 0. The number of rotatable bonds is 1. The van der Waals surface area contributed by atoms with Gasteiger partial charge in [0.1, 0.15) is 5.75 Å². The maximum atomic E-state index is 12.7. The summed E-state index contributed by atoms with van der Waals surface area (Å²) in [6.45, 7) is 0. The molecule has 0 unspecified atom stereocenters. The normalized spacial score (nSPS) is 12.8. The van der Waals surface area contributed by atoms with Crippen LogP contribution < -0.4 is 14.2 Å². The summed E-state index contributed by atoms with van der Waals surface area (Å²) in [5.41, 5.74) is -0.786. The molecule has 0 fully saturated rings. The van der Waals surface area contributed by atoms with Crippen LogP contribution in [0.2, 0.25) is 0 Å². The molecule has 1 aliphatic rings. The number of hydrogen-bond acceptors (Lipinski definition) is 3. The van der Waals surface area contributed by atoms with Crippen molar-refractivity contribution in [2.75, 3.05) is 7.11 Å². The molecule has 0 aromatic heterocycles. The highest BCUT2D eigenvalue weighted by atomic mass is 19.4. The molecule has 2 aromatic carbocycles.